The number of carbonyl (C=O) groups is 1. The fraction of sp³-hybridized carbons (Fsp3) is 0.500. The summed E-state index contributed by atoms with van der Waals surface area (Å²) in [5.41, 5.74) is 1.79. The summed E-state index contributed by atoms with van der Waals surface area (Å²) in [6.45, 7) is 5.06. The van der Waals surface area contributed by atoms with Crippen LogP contribution in [-0.4, -0.2) is 24.3 Å². The van der Waals surface area contributed by atoms with Crippen LogP contribution in [0.4, 0.5) is 4.39 Å². The van der Waals surface area contributed by atoms with Crippen LogP contribution in [0.1, 0.15) is 30.9 Å². The predicted octanol–water partition coefficient (Wildman–Crippen LogP) is 2.94. The molecule has 0 aliphatic rings. The van der Waals surface area contributed by atoms with Gasteiger partial charge in [-0.3, -0.25) is 0 Å². The van der Waals surface area contributed by atoms with E-state index in [0.29, 0.717) is 12.0 Å². The number of nitrogens with zero attached hydrogens (tertiary/aromatic N) is 1. The number of benzene rings is 1. The molecule has 0 aliphatic carbocycles. The summed E-state index contributed by atoms with van der Waals surface area (Å²) in [6, 6.07) is 5.19. The van der Waals surface area contributed by atoms with Crippen LogP contribution in [0.15, 0.2) is 18.2 Å². The molecule has 0 aromatic heterocycles. The average Bonchev–Trinajstić information content (AvgIpc) is 2.23. The molecule has 1 aromatic carbocycles. The van der Waals surface area contributed by atoms with E-state index >= 15 is 0 Å². The monoisotopic (exact) mass is 237 g/mol. The first-order valence-electron chi connectivity index (χ1n) is 5.92. The highest BCUT2D eigenvalue weighted by atomic mass is 19.1. The third-order valence-electron chi connectivity index (χ3n) is 2.74. The molecule has 94 valence electrons. The molecule has 0 N–H and O–H groups in total. The van der Waals surface area contributed by atoms with Gasteiger partial charge in [0, 0.05) is 13.0 Å². The van der Waals surface area contributed by atoms with Crippen LogP contribution in [0, 0.1) is 12.7 Å². The lowest BCUT2D eigenvalue weighted by Gasteiger charge is -2.16. The van der Waals surface area contributed by atoms with Crippen LogP contribution in [0.2, 0.25) is 0 Å². The van der Waals surface area contributed by atoms with Gasteiger partial charge in [0.2, 0.25) is 0 Å². The standard InChI is InChI=1S/C14H20FNO/c1-11-9-13(6-7-14(11)15)10-16(3)8-4-5-12(2)17/h6-7,9H,4-5,8,10H2,1-3H3. The Kier molecular flexibility index (Phi) is 5.29. The minimum atomic E-state index is -0.159. The molecule has 0 amide bonds. The maximum Gasteiger partial charge on any atom is 0.129 e. The fourth-order valence-corrected chi connectivity index (χ4v) is 1.79. The molecule has 0 aliphatic heterocycles. The fourth-order valence-electron chi connectivity index (χ4n) is 1.79. The highest BCUT2D eigenvalue weighted by molar-refractivity contribution is 5.75. The van der Waals surface area contributed by atoms with E-state index in [9.17, 15) is 9.18 Å². The van der Waals surface area contributed by atoms with E-state index in [1.165, 1.54) is 6.07 Å². The van der Waals surface area contributed by atoms with Crippen molar-refractivity contribution in [1.82, 2.24) is 4.90 Å². The van der Waals surface area contributed by atoms with E-state index in [1.54, 1.807) is 13.8 Å². The van der Waals surface area contributed by atoms with Gasteiger partial charge in [-0.25, -0.2) is 4.39 Å². The maximum absolute atomic E-state index is 13.1. The van der Waals surface area contributed by atoms with Crippen LogP contribution >= 0.6 is 0 Å². The van der Waals surface area contributed by atoms with Gasteiger partial charge < -0.3 is 9.69 Å². The molecule has 0 radical (unpaired) electrons. The van der Waals surface area contributed by atoms with Crippen molar-refractivity contribution in [3.05, 3.63) is 35.1 Å². The number of aryl methyl sites for hydroxylation is 1. The summed E-state index contributed by atoms with van der Waals surface area (Å²) >= 11 is 0. The average molecular weight is 237 g/mol. The van der Waals surface area contributed by atoms with E-state index in [2.05, 4.69) is 4.90 Å². The molecular formula is C14H20FNO. The summed E-state index contributed by atoms with van der Waals surface area (Å²) in [6.07, 6.45) is 1.51. The highest BCUT2D eigenvalue weighted by Gasteiger charge is 2.03. The predicted molar refractivity (Wildman–Crippen MR) is 67.4 cm³/mol. The summed E-state index contributed by atoms with van der Waals surface area (Å²) < 4.78 is 13.1. The Hall–Kier alpha value is -1.22. The number of carbonyl (C=O) groups excluding carboxylic acids is 1. The van der Waals surface area contributed by atoms with Gasteiger partial charge in [-0.05, 0) is 51.1 Å². The van der Waals surface area contributed by atoms with Gasteiger partial charge >= 0.3 is 0 Å². The van der Waals surface area contributed by atoms with Crippen molar-refractivity contribution in [3.8, 4) is 0 Å². The first-order valence-corrected chi connectivity index (χ1v) is 5.92. The lowest BCUT2D eigenvalue weighted by Crippen LogP contribution is -2.19. The largest absolute Gasteiger partial charge is 0.302 e. The molecule has 0 heterocycles. The van der Waals surface area contributed by atoms with Crippen molar-refractivity contribution >= 4 is 5.78 Å². The Balaban J connectivity index is 2.42. The van der Waals surface area contributed by atoms with Gasteiger partial charge in [-0.2, -0.15) is 0 Å². The van der Waals surface area contributed by atoms with Gasteiger partial charge in [-0.1, -0.05) is 12.1 Å². The topological polar surface area (TPSA) is 20.3 Å². The Bertz CT molecular complexity index is 390. The van der Waals surface area contributed by atoms with Crippen LogP contribution in [0.5, 0.6) is 0 Å². The zero-order valence-electron chi connectivity index (χ0n) is 10.8. The molecule has 0 saturated heterocycles. The van der Waals surface area contributed by atoms with E-state index in [-0.39, 0.29) is 11.6 Å². The smallest absolute Gasteiger partial charge is 0.129 e. The molecule has 0 saturated carbocycles. The van der Waals surface area contributed by atoms with Gasteiger partial charge in [0.25, 0.3) is 0 Å². The molecular weight excluding hydrogens is 217 g/mol. The molecule has 0 atom stereocenters. The first-order chi connectivity index (χ1) is 7.99. The van der Waals surface area contributed by atoms with E-state index in [4.69, 9.17) is 0 Å². The number of ketones is 1. The summed E-state index contributed by atoms with van der Waals surface area (Å²) in [5, 5.41) is 0. The minimum absolute atomic E-state index is 0.159. The van der Waals surface area contributed by atoms with Crippen LogP contribution in [0.3, 0.4) is 0 Å². The number of halogens is 1. The van der Waals surface area contributed by atoms with Gasteiger partial charge in [0.15, 0.2) is 0 Å². The van der Waals surface area contributed by atoms with Crippen molar-refractivity contribution < 1.29 is 9.18 Å². The Labute approximate surface area is 102 Å². The van der Waals surface area contributed by atoms with Crippen LogP contribution in [0.25, 0.3) is 0 Å². The molecule has 1 aromatic rings. The zero-order valence-corrected chi connectivity index (χ0v) is 10.8. The Morgan fingerprint density at radius 2 is 2.12 bits per heavy atom. The quantitative estimate of drug-likeness (QED) is 0.758. The molecule has 0 unspecified atom stereocenters. The SMILES string of the molecule is CC(=O)CCCN(C)Cc1ccc(F)c(C)c1. The van der Waals surface area contributed by atoms with Crippen molar-refractivity contribution in [3.63, 3.8) is 0 Å². The molecule has 2 nitrogen and oxygen atoms in total. The molecule has 0 bridgehead atoms. The highest BCUT2D eigenvalue weighted by Crippen LogP contribution is 2.11. The number of hydrogen-bond acceptors (Lipinski definition) is 2. The summed E-state index contributed by atoms with van der Waals surface area (Å²) in [7, 11) is 2.01. The third kappa shape index (κ3) is 5.09. The lowest BCUT2D eigenvalue weighted by molar-refractivity contribution is -0.117. The van der Waals surface area contributed by atoms with E-state index < -0.39 is 0 Å². The molecule has 1 rings (SSSR count). The minimum Gasteiger partial charge on any atom is -0.302 e. The van der Waals surface area contributed by atoms with Crippen molar-refractivity contribution in [2.45, 2.75) is 33.2 Å². The molecule has 0 fully saturated rings. The maximum atomic E-state index is 13.1. The molecule has 17 heavy (non-hydrogen) atoms. The van der Waals surface area contributed by atoms with Gasteiger partial charge in [-0.15, -0.1) is 0 Å². The van der Waals surface area contributed by atoms with Crippen molar-refractivity contribution in [1.29, 1.82) is 0 Å². The Morgan fingerprint density at radius 3 is 2.71 bits per heavy atom. The third-order valence-corrected chi connectivity index (χ3v) is 2.74. The van der Waals surface area contributed by atoms with Crippen LogP contribution in [-0.2, 0) is 11.3 Å². The summed E-state index contributed by atoms with van der Waals surface area (Å²) in [4.78, 5) is 13.0. The lowest BCUT2D eigenvalue weighted by atomic mass is 10.1. The number of hydrogen-bond donors (Lipinski definition) is 0. The Morgan fingerprint density at radius 1 is 1.41 bits per heavy atom. The zero-order chi connectivity index (χ0) is 12.8. The second-order valence-electron chi connectivity index (χ2n) is 4.63. The van der Waals surface area contributed by atoms with Crippen LogP contribution < -0.4 is 0 Å². The second kappa shape index (κ2) is 6.50. The number of Topliss-reactive ketones (excluding diaryl/α,β-unsaturated/α-hetero) is 1. The van der Waals surface area contributed by atoms with E-state index in [0.717, 1.165) is 25.1 Å². The first kappa shape index (κ1) is 13.8. The molecule has 0 spiro atoms. The second-order valence-corrected chi connectivity index (χ2v) is 4.63. The van der Waals surface area contributed by atoms with Gasteiger partial charge in [0.1, 0.15) is 11.6 Å². The van der Waals surface area contributed by atoms with Gasteiger partial charge in [0.05, 0.1) is 0 Å². The summed E-state index contributed by atoms with van der Waals surface area (Å²) in [5.74, 6) is 0.0732. The van der Waals surface area contributed by atoms with E-state index in [1.807, 2.05) is 19.2 Å². The number of rotatable bonds is 6. The normalized spacial score (nSPS) is 10.9. The molecule has 3 heteroatoms. The van der Waals surface area contributed by atoms with Crippen molar-refractivity contribution in [2.24, 2.45) is 0 Å². The van der Waals surface area contributed by atoms with Crippen molar-refractivity contribution in [2.75, 3.05) is 13.6 Å².